The van der Waals surface area contributed by atoms with Crippen LogP contribution in [0.5, 0.6) is 23.0 Å². The van der Waals surface area contributed by atoms with Crippen molar-refractivity contribution < 1.29 is 37.9 Å². The molecule has 12 heteroatoms. The number of methoxy groups -OCH3 is 3. The molecule has 0 atom stereocenters. The third kappa shape index (κ3) is 4.80. The third-order valence-corrected chi connectivity index (χ3v) is 5.55. The standard InChI is InChI=1S/C19H21N2O8PS/c1-26-12-6-5-11-16(10-7-13(27-2)18(28-3)14(8-10)31-4)20-9-15(22)21-17(11)19(12)29-30(23,24)25/h5-8H,9H2,1-4H3,(H,21,22)(H2,23,24,25). The number of hydrogen-bond acceptors (Lipinski definition) is 8. The Kier molecular flexibility index (Phi) is 6.80. The van der Waals surface area contributed by atoms with Crippen LogP contribution in [0.3, 0.4) is 0 Å². The van der Waals surface area contributed by atoms with Crippen molar-refractivity contribution >= 4 is 36.9 Å². The number of carbonyl (C=O) groups is 1. The van der Waals surface area contributed by atoms with E-state index < -0.39 is 13.7 Å². The van der Waals surface area contributed by atoms with Crippen LogP contribution in [-0.2, 0) is 9.36 Å². The Balaban J connectivity index is 2.27. The van der Waals surface area contributed by atoms with Crippen LogP contribution in [0.2, 0.25) is 0 Å². The van der Waals surface area contributed by atoms with Gasteiger partial charge in [-0.3, -0.25) is 19.6 Å². The summed E-state index contributed by atoms with van der Waals surface area (Å²) in [6.45, 7) is -0.204. The largest absolute Gasteiger partial charge is 0.525 e. The summed E-state index contributed by atoms with van der Waals surface area (Å²) < 4.78 is 32.5. The number of fused-ring (bicyclic) bond motifs is 1. The molecular weight excluding hydrogens is 447 g/mol. The van der Waals surface area contributed by atoms with Crippen LogP contribution in [0.1, 0.15) is 11.1 Å². The fourth-order valence-electron chi connectivity index (χ4n) is 3.13. The predicted octanol–water partition coefficient (Wildman–Crippen LogP) is 2.70. The van der Waals surface area contributed by atoms with Crippen LogP contribution in [0.15, 0.2) is 34.2 Å². The first-order valence-corrected chi connectivity index (χ1v) is 11.6. The van der Waals surface area contributed by atoms with Crippen LogP contribution in [0, 0.1) is 0 Å². The Hall–Kier alpha value is -2.72. The van der Waals surface area contributed by atoms with Gasteiger partial charge >= 0.3 is 7.82 Å². The van der Waals surface area contributed by atoms with Gasteiger partial charge in [0.15, 0.2) is 23.0 Å². The minimum atomic E-state index is -4.95. The maximum atomic E-state index is 12.3. The fraction of sp³-hybridized carbons (Fsp3) is 0.263. The molecule has 0 aliphatic carbocycles. The van der Waals surface area contributed by atoms with Crippen LogP contribution < -0.4 is 24.1 Å². The first kappa shape index (κ1) is 23.0. The number of thioether (sulfide) groups is 1. The molecule has 2 aromatic rings. The molecule has 0 saturated carbocycles. The second-order valence-electron chi connectivity index (χ2n) is 6.23. The normalized spacial score (nSPS) is 13.5. The van der Waals surface area contributed by atoms with E-state index in [-0.39, 0.29) is 23.7 Å². The average Bonchev–Trinajstić information content (AvgIpc) is 2.90. The Labute approximate surface area is 182 Å². The number of rotatable bonds is 7. The van der Waals surface area contributed by atoms with E-state index >= 15 is 0 Å². The number of ether oxygens (including phenoxy) is 3. The number of benzodiazepines with no additional fused rings is 1. The molecule has 1 heterocycles. The fourth-order valence-corrected chi connectivity index (χ4v) is 4.17. The lowest BCUT2D eigenvalue weighted by atomic mass is 9.99. The molecule has 3 N–H and O–H groups in total. The van der Waals surface area contributed by atoms with E-state index in [9.17, 15) is 19.1 Å². The molecule has 2 aromatic carbocycles. The van der Waals surface area contributed by atoms with Gasteiger partial charge in [0.25, 0.3) is 0 Å². The third-order valence-electron chi connectivity index (χ3n) is 4.39. The van der Waals surface area contributed by atoms with Gasteiger partial charge in [-0.25, -0.2) is 4.57 Å². The van der Waals surface area contributed by atoms with E-state index in [1.807, 2.05) is 12.3 Å². The second-order valence-corrected chi connectivity index (χ2v) is 8.24. The van der Waals surface area contributed by atoms with Crippen molar-refractivity contribution in [2.24, 2.45) is 4.99 Å². The van der Waals surface area contributed by atoms with Crippen LogP contribution in [-0.4, -0.2) is 55.5 Å². The van der Waals surface area contributed by atoms with Crippen molar-refractivity contribution in [1.29, 1.82) is 0 Å². The molecule has 166 valence electrons. The predicted molar refractivity (Wildman–Crippen MR) is 116 cm³/mol. The van der Waals surface area contributed by atoms with Crippen molar-refractivity contribution in [3.05, 3.63) is 35.4 Å². The van der Waals surface area contributed by atoms with Gasteiger partial charge in [0.1, 0.15) is 6.54 Å². The van der Waals surface area contributed by atoms with Crippen LogP contribution in [0.4, 0.5) is 5.69 Å². The quantitative estimate of drug-likeness (QED) is 0.414. The number of phosphoric acid groups is 1. The van der Waals surface area contributed by atoms with E-state index in [1.54, 1.807) is 12.1 Å². The Bertz CT molecular complexity index is 1070. The molecule has 0 radical (unpaired) electrons. The number of nitrogens with one attached hydrogen (secondary N) is 1. The SMILES string of the molecule is COc1cc(C2=NCC(=O)Nc3c2ccc(OC)c3OP(=O)(O)O)cc(SC)c1OC. The summed E-state index contributed by atoms with van der Waals surface area (Å²) in [7, 11) is -0.578. The zero-order chi connectivity index (χ0) is 22.8. The minimum Gasteiger partial charge on any atom is -0.493 e. The van der Waals surface area contributed by atoms with Gasteiger partial charge in [0.05, 0.1) is 37.6 Å². The van der Waals surface area contributed by atoms with Gasteiger partial charge in [-0.1, -0.05) is 0 Å². The maximum Gasteiger partial charge on any atom is 0.525 e. The van der Waals surface area contributed by atoms with E-state index in [2.05, 4.69) is 10.3 Å². The monoisotopic (exact) mass is 468 g/mol. The summed E-state index contributed by atoms with van der Waals surface area (Å²) in [5.41, 5.74) is 1.47. The number of nitrogens with zero attached hydrogens (tertiary/aromatic N) is 1. The number of benzene rings is 2. The van der Waals surface area contributed by atoms with Gasteiger partial charge in [-0.15, -0.1) is 11.8 Å². The highest BCUT2D eigenvalue weighted by atomic mass is 32.2. The molecule has 1 aliphatic rings. The topological polar surface area (TPSA) is 136 Å². The minimum absolute atomic E-state index is 0.0424. The van der Waals surface area contributed by atoms with Gasteiger partial charge < -0.3 is 24.1 Å². The van der Waals surface area contributed by atoms with Gasteiger partial charge in [-0.2, -0.15) is 0 Å². The van der Waals surface area contributed by atoms with Gasteiger partial charge in [-0.05, 0) is 30.5 Å². The zero-order valence-electron chi connectivity index (χ0n) is 17.2. The Morgan fingerprint density at radius 2 is 1.77 bits per heavy atom. The molecule has 0 spiro atoms. The average molecular weight is 468 g/mol. The number of phosphoric ester groups is 1. The zero-order valence-corrected chi connectivity index (χ0v) is 18.9. The van der Waals surface area contributed by atoms with Gasteiger partial charge in [0, 0.05) is 11.1 Å². The Morgan fingerprint density at radius 3 is 2.35 bits per heavy atom. The van der Waals surface area contributed by atoms with Crippen molar-refractivity contribution in [3.8, 4) is 23.0 Å². The van der Waals surface area contributed by atoms with E-state index in [4.69, 9.17) is 18.7 Å². The first-order valence-electron chi connectivity index (χ1n) is 8.83. The van der Waals surface area contributed by atoms with Crippen molar-refractivity contribution in [1.82, 2.24) is 0 Å². The summed E-state index contributed by atoms with van der Waals surface area (Å²) >= 11 is 1.44. The number of hydrogen-bond donors (Lipinski definition) is 3. The van der Waals surface area contributed by atoms with Crippen molar-refractivity contribution in [2.75, 3.05) is 39.4 Å². The molecule has 0 fully saturated rings. The molecule has 3 rings (SSSR count). The highest BCUT2D eigenvalue weighted by Gasteiger charge is 2.29. The molecule has 0 saturated heterocycles. The lowest BCUT2D eigenvalue weighted by molar-refractivity contribution is -0.114. The molecule has 10 nitrogen and oxygen atoms in total. The summed E-state index contributed by atoms with van der Waals surface area (Å²) in [4.78, 5) is 36.3. The molecular formula is C19H21N2O8PS. The lowest BCUT2D eigenvalue weighted by Crippen LogP contribution is -2.14. The summed E-state index contributed by atoms with van der Waals surface area (Å²) in [5, 5.41) is 2.60. The number of aliphatic imine (C=N–C) groups is 1. The summed E-state index contributed by atoms with van der Waals surface area (Å²) in [6.07, 6.45) is 1.88. The van der Waals surface area contributed by atoms with E-state index in [0.717, 1.165) is 4.90 Å². The smallest absolute Gasteiger partial charge is 0.493 e. The Morgan fingerprint density at radius 1 is 1.06 bits per heavy atom. The number of anilines is 1. The van der Waals surface area contributed by atoms with Gasteiger partial charge in [0.2, 0.25) is 5.91 Å². The first-order chi connectivity index (χ1) is 14.7. The van der Waals surface area contributed by atoms with E-state index in [1.165, 1.54) is 39.2 Å². The molecule has 0 bridgehead atoms. The van der Waals surface area contributed by atoms with Crippen molar-refractivity contribution in [2.45, 2.75) is 4.90 Å². The number of carbonyl (C=O) groups excluding carboxylic acids is 1. The van der Waals surface area contributed by atoms with Crippen LogP contribution in [0.25, 0.3) is 0 Å². The highest BCUT2D eigenvalue weighted by Crippen LogP contribution is 2.48. The summed E-state index contributed by atoms with van der Waals surface area (Å²) in [5.74, 6) is 0.299. The molecule has 1 amide bonds. The molecule has 0 aromatic heterocycles. The molecule has 0 unspecified atom stereocenters. The highest BCUT2D eigenvalue weighted by molar-refractivity contribution is 7.98. The number of amides is 1. The van der Waals surface area contributed by atoms with E-state index in [0.29, 0.717) is 28.3 Å². The molecule has 31 heavy (non-hydrogen) atoms. The van der Waals surface area contributed by atoms with Crippen molar-refractivity contribution in [3.63, 3.8) is 0 Å². The molecule has 1 aliphatic heterocycles. The maximum absolute atomic E-state index is 12.3. The summed E-state index contributed by atoms with van der Waals surface area (Å²) in [6, 6.07) is 6.65. The second kappa shape index (κ2) is 9.19. The van der Waals surface area contributed by atoms with Crippen LogP contribution >= 0.6 is 19.6 Å². The lowest BCUT2D eigenvalue weighted by Gasteiger charge is -2.19.